The van der Waals surface area contributed by atoms with Crippen LogP contribution in [0.2, 0.25) is 0 Å². The Kier molecular flexibility index (Phi) is 4.25. The highest BCUT2D eigenvalue weighted by atomic mass is 79.9. The Hall–Kier alpha value is -0.660. The molecule has 0 aliphatic carbocycles. The predicted octanol–water partition coefficient (Wildman–Crippen LogP) is 1.46. The summed E-state index contributed by atoms with van der Waals surface area (Å²) < 4.78 is 24.2. The summed E-state index contributed by atoms with van der Waals surface area (Å²) in [5, 5.41) is 0. The topological polar surface area (TPSA) is 53.5 Å². The van der Waals surface area contributed by atoms with Crippen LogP contribution < -0.4 is 4.90 Å². The first-order valence-electron chi connectivity index (χ1n) is 7.26. The van der Waals surface area contributed by atoms with E-state index in [1.165, 1.54) is 5.56 Å². The third-order valence-electron chi connectivity index (χ3n) is 4.36. The minimum absolute atomic E-state index is 0.219. The zero-order valence-electron chi connectivity index (χ0n) is 12.1. The molecule has 3 heterocycles. The van der Waals surface area contributed by atoms with Gasteiger partial charge in [0, 0.05) is 42.9 Å². The average molecular weight is 374 g/mol. The SMILES string of the molecule is Cc1cc(Br)cnc1N1CCN([C@H]2CCS(=O)(=O)C2)CC1. The lowest BCUT2D eigenvalue weighted by molar-refractivity contribution is 0.200. The first-order valence-corrected chi connectivity index (χ1v) is 9.88. The number of rotatable bonds is 2. The van der Waals surface area contributed by atoms with Crippen LogP contribution in [0.4, 0.5) is 5.82 Å². The van der Waals surface area contributed by atoms with Crippen LogP contribution in [0.3, 0.4) is 0 Å². The van der Waals surface area contributed by atoms with E-state index in [2.05, 4.69) is 43.7 Å². The standard InChI is InChI=1S/C14H20BrN3O2S/c1-11-8-12(15)9-16-14(11)18-5-3-17(4-6-18)13-2-7-21(19,20)10-13/h8-9,13H,2-7,10H2,1H3/t13-/m0/s1. The summed E-state index contributed by atoms with van der Waals surface area (Å²) in [6.07, 6.45) is 2.62. The zero-order valence-corrected chi connectivity index (χ0v) is 14.5. The number of halogens is 1. The Labute approximate surface area is 134 Å². The maximum absolute atomic E-state index is 11.6. The van der Waals surface area contributed by atoms with Gasteiger partial charge < -0.3 is 4.90 Å². The Morgan fingerprint density at radius 2 is 2.00 bits per heavy atom. The highest BCUT2D eigenvalue weighted by Gasteiger charge is 2.33. The second-order valence-electron chi connectivity index (χ2n) is 5.87. The Balaban J connectivity index is 1.63. The van der Waals surface area contributed by atoms with Crippen LogP contribution >= 0.6 is 15.9 Å². The fourth-order valence-corrected chi connectivity index (χ4v) is 5.43. The van der Waals surface area contributed by atoms with E-state index in [1.54, 1.807) is 0 Å². The summed E-state index contributed by atoms with van der Waals surface area (Å²) in [7, 11) is -2.79. The lowest BCUT2D eigenvalue weighted by Gasteiger charge is -2.38. The monoisotopic (exact) mass is 373 g/mol. The van der Waals surface area contributed by atoms with E-state index in [0.29, 0.717) is 11.5 Å². The molecular weight excluding hydrogens is 354 g/mol. The van der Waals surface area contributed by atoms with Gasteiger partial charge in [0.25, 0.3) is 0 Å². The van der Waals surface area contributed by atoms with Crippen molar-refractivity contribution in [3.8, 4) is 0 Å². The summed E-state index contributed by atoms with van der Waals surface area (Å²) >= 11 is 3.44. The lowest BCUT2D eigenvalue weighted by Crippen LogP contribution is -2.51. The molecule has 1 aromatic rings. The summed E-state index contributed by atoms with van der Waals surface area (Å²) in [5.41, 5.74) is 1.17. The van der Waals surface area contributed by atoms with Gasteiger partial charge in [0.2, 0.25) is 0 Å². The summed E-state index contributed by atoms with van der Waals surface area (Å²) in [5.74, 6) is 1.73. The van der Waals surface area contributed by atoms with Gasteiger partial charge in [0.1, 0.15) is 5.82 Å². The molecule has 21 heavy (non-hydrogen) atoms. The van der Waals surface area contributed by atoms with Crippen molar-refractivity contribution in [1.29, 1.82) is 0 Å². The van der Waals surface area contributed by atoms with Crippen LogP contribution in [0, 0.1) is 6.92 Å². The second-order valence-corrected chi connectivity index (χ2v) is 9.02. The number of aryl methyl sites for hydroxylation is 1. The maximum atomic E-state index is 11.6. The third-order valence-corrected chi connectivity index (χ3v) is 6.54. The van der Waals surface area contributed by atoms with E-state index in [-0.39, 0.29) is 6.04 Å². The molecule has 5 nitrogen and oxygen atoms in total. The van der Waals surface area contributed by atoms with E-state index in [0.717, 1.165) is 42.9 Å². The molecule has 1 aromatic heterocycles. The van der Waals surface area contributed by atoms with Crippen molar-refractivity contribution >= 4 is 31.6 Å². The van der Waals surface area contributed by atoms with Gasteiger partial charge in [-0.05, 0) is 40.9 Å². The van der Waals surface area contributed by atoms with Gasteiger partial charge in [0.15, 0.2) is 9.84 Å². The normalized spacial score (nSPS) is 26.2. The van der Waals surface area contributed by atoms with Crippen molar-refractivity contribution in [2.75, 3.05) is 42.6 Å². The van der Waals surface area contributed by atoms with Crippen LogP contribution in [-0.4, -0.2) is 62.0 Å². The molecule has 0 saturated carbocycles. The van der Waals surface area contributed by atoms with E-state index < -0.39 is 9.84 Å². The van der Waals surface area contributed by atoms with E-state index >= 15 is 0 Å². The molecule has 0 N–H and O–H groups in total. The number of nitrogens with zero attached hydrogens (tertiary/aromatic N) is 3. The summed E-state index contributed by atoms with van der Waals surface area (Å²) in [6.45, 7) is 5.72. The third kappa shape index (κ3) is 3.40. The van der Waals surface area contributed by atoms with Crippen molar-refractivity contribution in [2.24, 2.45) is 0 Å². The molecule has 0 aromatic carbocycles. The molecule has 2 aliphatic heterocycles. The van der Waals surface area contributed by atoms with Gasteiger partial charge in [-0.15, -0.1) is 0 Å². The first kappa shape index (κ1) is 15.2. The largest absolute Gasteiger partial charge is 0.354 e. The molecule has 1 atom stereocenters. The average Bonchev–Trinajstić information content (AvgIpc) is 2.79. The smallest absolute Gasteiger partial charge is 0.151 e. The molecule has 2 aliphatic rings. The molecule has 116 valence electrons. The minimum Gasteiger partial charge on any atom is -0.354 e. The highest BCUT2D eigenvalue weighted by Crippen LogP contribution is 2.24. The fourth-order valence-electron chi connectivity index (χ4n) is 3.23. The van der Waals surface area contributed by atoms with Crippen molar-refractivity contribution in [3.63, 3.8) is 0 Å². The van der Waals surface area contributed by atoms with Gasteiger partial charge in [-0.3, -0.25) is 4.90 Å². The summed E-state index contributed by atoms with van der Waals surface area (Å²) in [4.78, 5) is 9.13. The molecule has 7 heteroatoms. The van der Waals surface area contributed by atoms with E-state index in [9.17, 15) is 8.42 Å². The van der Waals surface area contributed by atoms with Crippen LogP contribution in [0.25, 0.3) is 0 Å². The van der Waals surface area contributed by atoms with Crippen molar-refractivity contribution in [1.82, 2.24) is 9.88 Å². The number of aromatic nitrogens is 1. The minimum atomic E-state index is -2.79. The quantitative estimate of drug-likeness (QED) is 0.785. The predicted molar refractivity (Wildman–Crippen MR) is 87.5 cm³/mol. The van der Waals surface area contributed by atoms with Crippen LogP contribution in [0.5, 0.6) is 0 Å². The molecule has 0 amide bonds. The summed E-state index contributed by atoms with van der Waals surface area (Å²) in [6, 6.07) is 2.30. The Morgan fingerprint density at radius 1 is 1.29 bits per heavy atom. The molecule has 0 spiro atoms. The number of sulfone groups is 1. The number of anilines is 1. The maximum Gasteiger partial charge on any atom is 0.151 e. The van der Waals surface area contributed by atoms with Gasteiger partial charge >= 0.3 is 0 Å². The number of piperazine rings is 1. The Bertz CT molecular complexity index is 627. The van der Waals surface area contributed by atoms with Gasteiger partial charge in [-0.25, -0.2) is 13.4 Å². The molecule has 3 rings (SSSR count). The van der Waals surface area contributed by atoms with Gasteiger partial charge in [-0.1, -0.05) is 0 Å². The molecule has 2 saturated heterocycles. The Morgan fingerprint density at radius 3 is 2.57 bits per heavy atom. The van der Waals surface area contributed by atoms with E-state index in [1.807, 2.05) is 6.20 Å². The van der Waals surface area contributed by atoms with Crippen molar-refractivity contribution < 1.29 is 8.42 Å². The number of pyridine rings is 1. The van der Waals surface area contributed by atoms with Crippen molar-refractivity contribution in [3.05, 3.63) is 22.3 Å². The van der Waals surface area contributed by atoms with Crippen molar-refractivity contribution in [2.45, 2.75) is 19.4 Å². The molecular formula is C14H20BrN3O2S. The zero-order chi connectivity index (χ0) is 15.0. The van der Waals surface area contributed by atoms with Crippen LogP contribution in [0.1, 0.15) is 12.0 Å². The molecule has 0 bridgehead atoms. The molecule has 0 radical (unpaired) electrons. The highest BCUT2D eigenvalue weighted by molar-refractivity contribution is 9.10. The lowest BCUT2D eigenvalue weighted by atomic mass is 10.2. The second kappa shape index (κ2) is 5.85. The van der Waals surface area contributed by atoms with Gasteiger partial charge in [-0.2, -0.15) is 0 Å². The van der Waals surface area contributed by atoms with E-state index in [4.69, 9.17) is 0 Å². The van der Waals surface area contributed by atoms with Gasteiger partial charge in [0.05, 0.1) is 11.5 Å². The first-order chi connectivity index (χ1) is 9.94. The van der Waals surface area contributed by atoms with Crippen LogP contribution in [0.15, 0.2) is 16.7 Å². The number of hydrogen-bond acceptors (Lipinski definition) is 5. The molecule has 0 unspecified atom stereocenters. The fraction of sp³-hybridized carbons (Fsp3) is 0.643. The number of hydrogen-bond donors (Lipinski definition) is 0. The van der Waals surface area contributed by atoms with Crippen LogP contribution in [-0.2, 0) is 9.84 Å². The molecule has 2 fully saturated rings.